The number of esters is 1. The maximum atomic E-state index is 13.1. The van der Waals surface area contributed by atoms with Gasteiger partial charge in [-0.05, 0) is 19.1 Å². The zero-order valence-electron chi connectivity index (χ0n) is 35.9. The maximum Gasteiger partial charge on any atom is 0.364 e. The van der Waals surface area contributed by atoms with E-state index in [1.54, 1.807) is 18.2 Å². The second-order valence-corrected chi connectivity index (χ2v) is 15.6. The van der Waals surface area contributed by atoms with E-state index in [1.165, 1.54) is 19.1 Å². The standard InChI is InChI=1S/C39H58N4O22/c1-15(24(35(56)59-5)41-16(2)46)60-36-26(43-18(4)48)31(28(52)22(13-44)61-36)63-37-30(54)33(29(53)23(14-45)62-37)65-39(38(57)58)11-20(49)25(42-17(3)47)32(64-39)27(51)21(50)12-40-34(55)19-9-7-6-8-10-19/h6-10,15,20-33,36-37,44-45,49-54H,11-14H2,1-5H3,(H,40,55)(H,41,46)(H,42,47)(H,43,48)(H,57,58)/t15-,20+,21-,22-,23-,24+,25-,26-,27-,28+,29+,30-,31-,32-,33+,36+,37+,39+/m1/s1. The van der Waals surface area contributed by atoms with E-state index in [9.17, 15) is 74.7 Å². The number of carboxylic acid groups (broad SMARTS) is 1. The molecule has 1 aromatic rings. The molecule has 4 rings (SSSR count). The minimum Gasteiger partial charge on any atom is -0.477 e. The van der Waals surface area contributed by atoms with Crippen molar-refractivity contribution >= 4 is 35.6 Å². The van der Waals surface area contributed by atoms with Gasteiger partial charge in [0.25, 0.3) is 11.7 Å². The lowest BCUT2D eigenvalue weighted by atomic mass is 9.88. The minimum absolute atomic E-state index is 0.186. The lowest BCUT2D eigenvalue weighted by Gasteiger charge is -2.51. The van der Waals surface area contributed by atoms with Gasteiger partial charge in [-0.2, -0.15) is 0 Å². The summed E-state index contributed by atoms with van der Waals surface area (Å²) in [4.78, 5) is 75.0. The van der Waals surface area contributed by atoms with Gasteiger partial charge in [-0.25, -0.2) is 9.59 Å². The van der Waals surface area contributed by atoms with Gasteiger partial charge in [-0.3, -0.25) is 19.2 Å². The van der Waals surface area contributed by atoms with Gasteiger partial charge in [0.1, 0.15) is 61.0 Å². The van der Waals surface area contributed by atoms with Crippen molar-refractivity contribution in [1.82, 2.24) is 21.3 Å². The van der Waals surface area contributed by atoms with E-state index in [-0.39, 0.29) is 5.56 Å². The third-order valence-corrected chi connectivity index (χ3v) is 10.8. The molecule has 3 aliphatic rings. The van der Waals surface area contributed by atoms with Crippen LogP contribution in [0.2, 0.25) is 0 Å². The zero-order chi connectivity index (χ0) is 48.5. The Hall–Kier alpha value is -4.52. The first-order chi connectivity index (χ1) is 30.6. The second-order valence-electron chi connectivity index (χ2n) is 15.6. The Balaban J connectivity index is 1.66. The molecule has 3 heterocycles. The molecule has 18 atom stereocenters. The first kappa shape index (κ1) is 53.1. The number of carbonyl (C=O) groups is 6. The van der Waals surface area contributed by atoms with E-state index >= 15 is 0 Å². The molecular weight excluding hydrogens is 876 g/mol. The molecule has 0 spiro atoms. The molecule has 0 radical (unpaired) electrons. The van der Waals surface area contributed by atoms with Crippen LogP contribution in [-0.4, -0.2) is 218 Å². The number of methoxy groups -OCH3 is 1. The molecule has 1 aromatic carbocycles. The van der Waals surface area contributed by atoms with E-state index < -0.39 is 171 Å². The SMILES string of the molecule is COC(=O)[C@@H](NC(C)=O)[C@@H](C)O[C@H]1O[C@H](CO)[C@H](O)[C@H](O[C@@H]2O[C@H](CO)[C@H](O)[C@H](O[C@]3(C(=O)O)C[C@H](O)[C@@H](NC(C)=O)[C@H]([C@H](O)[C@H](O)CNC(=O)c4ccccc4)O3)[C@H]2O)[C@H]1NC(C)=O. The lowest BCUT2D eigenvalue weighted by Crippen LogP contribution is -2.71. The van der Waals surface area contributed by atoms with Gasteiger partial charge in [0.2, 0.25) is 17.7 Å². The number of aliphatic carboxylic acids is 1. The molecule has 0 aromatic heterocycles. The Kier molecular flexibility index (Phi) is 19.0. The van der Waals surface area contributed by atoms with Crippen molar-refractivity contribution in [2.75, 3.05) is 26.9 Å². The summed E-state index contributed by atoms with van der Waals surface area (Å²) in [5.41, 5.74) is 0.186. The van der Waals surface area contributed by atoms with Gasteiger partial charge in [0.15, 0.2) is 18.6 Å². The fourth-order valence-corrected chi connectivity index (χ4v) is 7.57. The first-order valence-corrected chi connectivity index (χ1v) is 20.3. The van der Waals surface area contributed by atoms with E-state index in [1.807, 2.05) is 0 Å². The summed E-state index contributed by atoms with van der Waals surface area (Å²) in [5, 5.41) is 109. The highest BCUT2D eigenvalue weighted by Gasteiger charge is 2.60. The van der Waals surface area contributed by atoms with Crippen LogP contribution in [0.1, 0.15) is 44.5 Å². The van der Waals surface area contributed by atoms with Crippen LogP contribution in [0.3, 0.4) is 0 Å². The molecule has 3 aliphatic heterocycles. The number of ether oxygens (including phenoxy) is 7. The quantitative estimate of drug-likeness (QED) is 0.0574. The third kappa shape index (κ3) is 12.9. The zero-order valence-corrected chi connectivity index (χ0v) is 35.9. The summed E-state index contributed by atoms with van der Waals surface area (Å²) in [7, 11) is 1.04. The Morgan fingerprint density at radius 3 is 1.92 bits per heavy atom. The van der Waals surface area contributed by atoms with Gasteiger partial charge in [-0.1, -0.05) is 18.2 Å². The summed E-state index contributed by atoms with van der Waals surface area (Å²) in [6.45, 7) is 1.86. The predicted molar refractivity (Wildman–Crippen MR) is 211 cm³/mol. The molecule has 3 fully saturated rings. The van der Waals surface area contributed by atoms with Crippen molar-refractivity contribution in [2.45, 2.75) is 144 Å². The molecule has 3 saturated heterocycles. The highest BCUT2D eigenvalue weighted by atomic mass is 16.8. The molecule has 26 nitrogen and oxygen atoms in total. The fourth-order valence-electron chi connectivity index (χ4n) is 7.57. The predicted octanol–water partition coefficient (Wildman–Crippen LogP) is -6.55. The summed E-state index contributed by atoms with van der Waals surface area (Å²) >= 11 is 0. The van der Waals surface area contributed by atoms with Crippen molar-refractivity contribution in [3.8, 4) is 0 Å². The highest BCUT2D eigenvalue weighted by Crippen LogP contribution is 2.38. The fraction of sp³-hybridized carbons (Fsp3) is 0.692. The largest absolute Gasteiger partial charge is 0.477 e. The molecule has 0 aliphatic carbocycles. The summed E-state index contributed by atoms with van der Waals surface area (Å²) in [5.74, 6) is -9.03. The Labute approximate surface area is 371 Å². The number of amides is 4. The van der Waals surface area contributed by atoms with Crippen LogP contribution in [-0.2, 0) is 57.1 Å². The molecule has 13 N–H and O–H groups in total. The Morgan fingerprint density at radius 2 is 1.38 bits per heavy atom. The number of hydrogen-bond acceptors (Lipinski definition) is 21. The van der Waals surface area contributed by atoms with Crippen molar-refractivity contribution < 1.29 is 108 Å². The van der Waals surface area contributed by atoms with Gasteiger partial charge >= 0.3 is 11.9 Å². The van der Waals surface area contributed by atoms with Crippen LogP contribution in [0.15, 0.2) is 30.3 Å². The van der Waals surface area contributed by atoms with Crippen molar-refractivity contribution in [3.63, 3.8) is 0 Å². The molecule has 0 bridgehead atoms. The molecular formula is C39H58N4O22. The third-order valence-electron chi connectivity index (χ3n) is 10.8. The van der Waals surface area contributed by atoms with Crippen LogP contribution in [0.25, 0.3) is 0 Å². The van der Waals surface area contributed by atoms with Gasteiger partial charge < -0.3 is 100 Å². The number of aliphatic hydroxyl groups is 8. The van der Waals surface area contributed by atoms with E-state index in [4.69, 9.17) is 33.2 Å². The van der Waals surface area contributed by atoms with E-state index in [2.05, 4.69) is 21.3 Å². The van der Waals surface area contributed by atoms with E-state index in [0.29, 0.717) is 0 Å². The van der Waals surface area contributed by atoms with Crippen molar-refractivity contribution in [2.24, 2.45) is 0 Å². The molecule has 0 saturated carbocycles. The number of carbonyl (C=O) groups excluding carboxylic acids is 5. The number of carboxylic acids is 1. The van der Waals surface area contributed by atoms with Crippen LogP contribution >= 0.6 is 0 Å². The number of rotatable bonds is 19. The first-order valence-electron chi connectivity index (χ1n) is 20.3. The average Bonchev–Trinajstić information content (AvgIpc) is 3.26. The highest BCUT2D eigenvalue weighted by molar-refractivity contribution is 5.94. The average molecular weight is 935 g/mol. The smallest absolute Gasteiger partial charge is 0.364 e. The maximum absolute atomic E-state index is 13.1. The van der Waals surface area contributed by atoms with Crippen molar-refractivity contribution in [3.05, 3.63) is 35.9 Å². The number of aliphatic hydroxyl groups excluding tert-OH is 8. The van der Waals surface area contributed by atoms with Crippen molar-refractivity contribution in [1.29, 1.82) is 0 Å². The number of benzene rings is 1. The number of hydrogen-bond donors (Lipinski definition) is 13. The Bertz CT molecular complexity index is 1800. The lowest BCUT2D eigenvalue weighted by molar-refractivity contribution is -0.381. The van der Waals surface area contributed by atoms with Crippen LogP contribution in [0.5, 0.6) is 0 Å². The van der Waals surface area contributed by atoms with Crippen LogP contribution < -0.4 is 21.3 Å². The van der Waals surface area contributed by atoms with Gasteiger partial charge in [0.05, 0.1) is 44.7 Å². The normalized spacial score (nSPS) is 34.4. The monoisotopic (exact) mass is 934 g/mol. The Morgan fingerprint density at radius 1 is 0.815 bits per heavy atom. The van der Waals surface area contributed by atoms with Gasteiger partial charge in [0, 0.05) is 39.3 Å². The van der Waals surface area contributed by atoms with E-state index in [0.717, 1.165) is 27.9 Å². The molecule has 366 valence electrons. The van der Waals surface area contributed by atoms with Gasteiger partial charge in [-0.15, -0.1) is 0 Å². The summed E-state index contributed by atoms with van der Waals surface area (Å²) in [6.07, 6.45) is -28.2. The second kappa shape index (κ2) is 23.3. The molecule has 4 amide bonds. The molecule has 0 unspecified atom stereocenters. The molecule has 26 heteroatoms. The van der Waals surface area contributed by atoms with Crippen LogP contribution in [0, 0.1) is 0 Å². The van der Waals surface area contributed by atoms with Crippen LogP contribution in [0.4, 0.5) is 0 Å². The molecule has 65 heavy (non-hydrogen) atoms. The topological polar surface area (TPSA) is 397 Å². The summed E-state index contributed by atoms with van der Waals surface area (Å²) < 4.78 is 39.6. The summed E-state index contributed by atoms with van der Waals surface area (Å²) in [6, 6.07) is 3.02. The minimum atomic E-state index is -3.15. The number of nitrogens with one attached hydrogen (secondary N) is 4.